The molecule has 2 aromatic rings. The molecule has 0 spiro atoms. The van der Waals surface area contributed by atoms with Crippen LogP contribution in [0, 0.1) is 0 Å². The summed E-state index contributed by atoms with van der Waals surface area (Å²) in [6, 6.07) is 9.95. The Bertz CT molecular complexity index is 482. The summed E-state index contributed by atoms with van der Waals surface area (Å²) < 4.78 is 0. The number of imidazole rings is 1. The molecule has 82 valence electrons. The van der Waals surface area contributed by atoms with E-state index in [1.54, 1.807) is 0 Å². The molecular formula is C11H10N2O2S. The number of hydrogen-bond donors (Lipinski definition) is 2. The van der Waals surface area contributed by atoms with Crippen molar-refractivity contribution in [2.45, 2.75) is 10.9 Å². The largest absolute Gasteiger partial charge is 0.477 e. The van der Waals surface area contributed by atoms with Gasteiger partial charge in [-0.2, -0.15) is 0 Å². The molecule has 1 aromatic carbocycles. The molecule has 0 aliphatic rings. The molecule has 0 amide bonds. The zero-order chi connectivity index (χ0) is 11.4. The molecule has 1 heterocycles. The molecule has 0 fully saturated rings. The van der Waals surface area contributed by atoms with E-state index in [1.165, 1.54) is 23.5 Å². The minimum absolute atomic E-state index is 0.121. The number of aromatic nitrogens is 2. The van der Waals surface area contributed by atoms with E-state index in [2.05, 4.69) is 9.97 Å². The van der Waals surface area contributed by atoms with Gasteiger partial charge in [0, 0.05) is 5.75 Å². The third-order valence-electron chi connectivity index (χ3n) is 2.00. The van der Waals surface area contributed by atoms with Crippen LogP contribution in [0.2, 0.25) is 0 Å². The first-order valence-electron chi connectivity index (χ1n) is 4.71. The maximum absolute atomic E-state index is 10.6. The zero-order valence-electron chi connectivity index (χ0n) is 8.38. The van der Waals surface area contributed by atoms with Crippen LogP contribution in [-0.4, -0.2) is 21.0 Å². The summed E-state index contributed by atoms with van der Waals surface area (Å²) in [6.07, 6.45) is 1.33. The summed E-state index contributed by atoms with van der Waals surface area (Å²) >= 11 is 1.48. The van der Waals surface area contributed by atoms with E-state index in [4.69, 9.17) is 5.11 Å². The first kappa shape index (κ1) is 10.8. The van der Waals surface area contributed by atoms with Crippen molar-refractivity contribution in [2.75, 3.05) is 0 Å². The number of thioether (sulfide) groups is 1. The second-order valence-corrected chi connectivity index (χ2v) is 4.15. The molecule has 5 heteroatoms. The van der Waals surface area contributed by atoms with Gasteiger partial charge in [0.2, 0.25) is 0 Å². The molecule has 0 bridgehead atoms. The fraction of sp³-hybridized carbons (Fsp3) is 0.0909. The summed E-state index contributed by atoms with van der Waals surface area (Å²) in [6.45, 7) is 0. The number of nitrogens with zero attached hydrogens (tertiary/aromatic N) is 1. The van der Waals surface area contributed by atoms with Crippen LogP contribution in [0.15, 0.2) is 41.7 Å². The van der Waals surface area contributed by atoms with Crippen molar-refractivity contribution in [2.24, 2.45) is 0 Å². The van der Waals surface area contributed by atoms with Gasteiger partial charge in [0.1, 0.15) is 5.69 Å². The van der Waals surface area contributed by atoms with Gasteiger partial charge in [0.05, 0.1) is 6.20 Å². The summed E-state index contributed by atoms with van der Waals surface area (Å²) in [5, 5.41) is 9.33. The maximum atomic E-state index is 10.6. The van der Waals surface area contributed by atoms with Gasteiger partial charge in [-0.15, -0.1) is 0 Å². The van der Waals surface area contributed by atoms with Gasteiger partial charge < -0.3 is 10.1 Å². The quantitative estimate of drug-likeness (QED) is 0.797. The summed E-state index contributed by atoms with van der Waals surface area (Å²) in [7, 11) is 0. The van der Waals surface area contributed by atoms with Crippen molar-refractivity contribution in [3.05, 3.63) is 47.8 Å². The topological polar surface area (TPSA) is 66.0 Å². The third kappa shape index (κ3) is 2.64. The van der Waals surface area contributed by atoms with E-state index in [1.807, 2.05) is 30.3 Å². The van der Waals surface area contributed by atoms with Crippen LogP contribution in [0.3, 0.4) is 0 Å². The Balaban J connectivity index is 1.97. The van der Waals surface area contributed by atoms with Crippen molar-refractivity contribution in [3.63, 3.8) is 0 Å². The molecule has 0 aliphatic carbocycles. The Morgan fingerprint density at radius 3 is 2.75 bits per heavy atom. The van der Waals surface area contributed by atoms with Gasteiger partial charge in [-0.05, 0) is 5.56 Å². The molecule has 16 heavy (non-hydrogen) atoms. The lowest BCUT2D eigenvalue weighted by atomic mass is 10.2. The van der Waals surface area contributed by atoms with Gasteiger partial charge in [-0.1, -0.05) is 42.1 Å². The van der Waals surface area contributed by atoms with E-state index in [0.29, 0.717) is 5.16 Å². The first-order valence-corrected chi connectivity index (χ1v) is 5.69. The van der Waals surface area contributed by atoms with Crippen LogP contribution in [0.5, 0.6) is 0 Å². The van der Waals surface area contributed by atoms with Gasteiger partial charge in [-0.25, -0.2) is 9.78 Å². The summed E-state index contributed by atoms with van der Waals surface area (Å²) in [5.41, 5.74) is 1.30. The lowest BCUT2D eigenvalue weighted by molar-refractivity contribution is 0.0690. The van der Waals surface area contributed by atoms with Crippen molar-refractivity contribution >= 4 is 17.7 Å². The molecule has 4 nitrogen and oxygen atoms in total. The number of hydrogen-bond acceptors (Lipinski definition) is 3. The normalized spacial score (nSPS) is 10.2. The Kier molecular flexibility index (Phi) is 3.26. The van der Waals surface area contributed by atoms with Gasteiger partial charge in [-0.3, -0.25) is 0 Å². The average molecular weight is 234 g/mol. The van der Waals surface area contributed by atoms with Gasteiger partial charge in [0.25, 0.3) is 0 Å². The molecule has 0 aliphatic heterocycles. The average Bonchev–Trinajstić information content (AvgIpc) is 2.76. The van der Waals surface area contributed by atoms with Crippen LogP contribution in [-0.2, 0) is 5.75 Å². The van der Waals surface area contributed by atoms with E-state index in [9.17, 15) is 4.79 Å². The molecule has 0 radical (unpaired) electrons. The SMILES string of the molecule is O=C(O)c1cnc(SCc2ccccc2)[nH]1. The number of aromatic amines is 1. The number of carbonyl (C=O) groups is 1. The monoisotopic (exact) mass is 234 g/mol. The summed E-state index contributed by atoms with van der Waals surface area (Å²) in [4.78, 5) is 17.3. The lowest BCUT2D eigenvalue weighted by Gasteiger charge is -1.97. The van der Waals surface area contributed by atoms with Gasteiger partial charge in [0.15, 0.2) is 5.16 Å². The van der Waals surface area contributed by atoms with E-state index >= 15 is 0 Å². The van der Waals surface area contributed by atoms with Crippen molar-refractivity contribution in [1.82, 2.24) is 9.97 Å². The third-order valence-corrected chi connectivity index (χ3v) is 2.96. The highest BCUT2D eigenvalue weighted by molar-refractivity contribution is 7.98. The highest BCUT2D eigenvalue weighted by Crippen LogP contribution is 2.19. The fourth-order valence-electron chi connectivity index (χ4n) is 1.21. The predicted octanol–water partition coefficient (Wildman–Crippen LogP) is 2.40. The Morgan fingerprint density at radius 1 is 1.38 bits per heavy atom. The van der Waals surface area contributed by atoms with Gasteiger partial charge >= 0.3 is 5.97 Å². The fourth-order valence-corrected chi connectivity index (χ4v) is 2.02. The van der Waals surface area contributed by atoms with Crippen LogP contribution >= 0.6 is 11.8 Å². The number of aromatic carboxylic acids is 1. The Labute approximate surface area is 96.7 Å². The Hall–Kier alpha value is -1.75. The maximum Gasteiger partial charge on any atom is 0.353 e. The molecule has 0 unspecified atom stereocenters. The smallest absolute Gasteiger partial charge is 0.353 e. The number of benzene rings is 1. The molecular weight excluding hydrogens is 224 g/mol. The number of H-pyrrole nitrogens is 1. The highest BCUT2D eigenvalue weighted by Gasteiger charge is 2.07. The zero-order valence-corrected chi connectivity index (χ0v) is 9.20. The molecule has 2 rings (SSSR count). The highest BCUT2D eigenvalue weighted by atomic mass is 32.2. The summed E-state index contributed by atoms with van der Waals surface area (Å²) in [5.74, 6) is -0.216. The van der Waals surface area contributed by atoms with Crippen LogP contribution < -0.4 is 0 Å². The lowest BCUT2D eigenvalue weighted by Crippen LogP contribution is -1.95. The number of rotatable bonds is 4. The minimum atomic E-state index is -0.987. The van der Waals surface area contributed by atoms with E-state index in [0.717, 1.165) is 5.75 Å². The minimum Gasteiger partial charge on any atom is -0.477 e. The number of carboxylic acid groups (broad SMARTS) is 1. The van der Waals surface area contributed by atoms with Crippen LogP contribution in [0.4, 0.5) is 0 Å². The first-order chi connectivity index (χ1) is 7.75. The van der Waals surface area contributed by atoms with Crippen molar-refractivity contribution in [3.8, 4) is 0 Å². The second-order valence-electron chi connectivity index (χ2n) is 3.18. The molecule has 0 atom stereocenters. The van der Waals surface area contributed by atoms with Crippen LogP contribution in [0.25, 0.3) is 0 Å². The van der Waals surface area contributed by atoms with Crippen LogP contribution in [0.1, 0.15) is 16.1 Å². The predicted molar refractivity (Wildman–Crippen MR) is 61.6 cm³/mol. The van der Waals surface area contributed by atoms with E-state index in [-0.39, 0.29) is 5.69 Å². The standard InChI is InChI=1S/C11H10N2O2S/c14-10(15)9-6-12-11(13-9)16-7-8-4-2-1-3-5-8/h1-6H,7H2,(H,12,13)(H,14,15). The molecule has 1 aromatic heterocycles. The molecule has 2 N–H and O–H groups in total. The van der Waals surface area contributed by atoms with Crippen molar-refractivity contribution < 1.29 is 9.90 Å². The molecule has 0 saturated heterocycles. The number of nitrogens with one attached hydrogen (secondary N) is 1. The van der Waals surface area contributed by atoms with E-state index < -0.39 is 5.97 Å². The molecule has 0 saturated carbocycles. The Morgan fingerprint density at radius 2 is 2.12 bits per heavy atom. The number of carboxylic acids is 1. The second kappa shape index (κ2) is 4.85. The van der Waals surface area contributed by atoms with Crippen molar-refractivity contribution in [1.29, 1.82) is 0 Å².